The van der Waals surface area contributed by atoms with Crippen LogP contribution in [-0.4, -0.2) is 37.7 Å². The largest absolute Gasteiger partial charge is 0.355 e. The van der Waals surface area contributed by atoms with Crippen molar-refractivity contribution in [2.45, 2.75) is 69.6 Å². The highest BCUT2D eigenvalue weighted by Crippen LogP contribution is 2.60. The van der Waals surface area contributed by atoms with Gasteiger partial charge in [-0.2, -0.15) is 0 Å². The van der Waals surface area contributed by atoms with Crippen molar-refractivity contribution >= 4 is 17.7 Å². The summed E-state index contributed by atoms with van der Waals surface area (Å²) in [4.78, 5) is 12.3. The lowest BCUT2D eigenvalue weighted by molar-refractivity contribution is -0.118. The normalized spacial score (nSPS) is 33.2. The minimum absolute atomic E-state index is 0.177. The molecule has 0 atom stereocenters. The van der Waals surface area contributed by atoms with Gasteiger partial charge in [-0.15, -0.1) is 22.0 Å². The zero-order valence-corrected chi connectivity index (χ0v) is 16.2. The van der Waals surface area contributed by atoms with Crippen LogP contribution in [-0.2, 0) is 11.2 Å². The summed E-state index contributed by atoms with van der Waals surface area (Å²) in [5.41, 5.74) is 0. The minimum atomic E-state index is 0.177. The van der Waals surface area contributed by atoms with E-state index in [4.69, 9.17) is 0 Å². The lowest BCUT2D eigenvalue weighted by atomic mass is 9.56. The SMILES string of the molecule is CC(C)n1cnnc1CCNC(=O)CSC12CC3CC(CC(C3)C1)C2. The van der Waals surface area contributed by atoms with E-state index in [0.29, 0.717) is 23.1 Å². The Balaban J connectivity index is 1.23. The maximum Gasteiger partial charge on any atom is 0.230 e. The summed E-state index contributed by atoms with van der Waals surface area (Å²) >= 11 is 1.95. The molecular formula is C19H30N4OS. The van der Waals surface area contributed by atoms with Crippen LogP contribution in [0.1, 0.15) is 64.2 Å². The first-order valence-corrected chi connectivity index (χ1v) is 10.8. The van der Waals surface area contributed by atoms with Crippen LogP contribution >= 0.6 is 11.8 Å². The van der Waals surface area contributed by atoms with Gasteiger partial charge in [0.25, 0.3) is 0 Å². The zero-order chi connectivity index (χ0) is 17.4. The number of hydrogen-bond donors (Lipinski definition) is 1. The van der Waals surface area contributed by atoms with Crippen LogP contribution in [0.3, 0.4) is 0 Å². The summed E-state index contributed by atoms with van der Waals surface area (Å²) in [7, 11) is 0. The molecule has 138 valence electrons. The molecular weight excluding hydrogens is 332 g/mol. The van der Waals surface area contributed by atoms with Crippen LogP contribution in [0.5, 0.6) is 0 Å². The summed E-state index contributed by atoms with van der Waals surface area (Å²) < 4.78 is 2.49. The smallest absolute Gasteiger partial charge is 0.230 e. The Kier molecular flexibility index (Phi) is 4.82. The molecule has 1 heterocycles. The van der Waals surface area contributed by atoms with Crippen LogP contribution in [0.15, 0.2) is 6.33 Å². The monoisotopic (exact) mass is 362 g/mol. The van der Waals surface area contributed by atoms with Crippen molar-refractivity contribution in [2.24, 2.45) is 17.8 Å². The Hall–Kier alpha value is -1.04. The third-order valence-electron chi connectivity index (χ3n) is 6.37. The van der Waals surface area contributed by atoms with Gasteiger partial charge in [-0.3, -0.25) is 4.79 Å². The average molecular weight is 363 g/mol. The fourth-order valence-corrected chi connectivity index (χ4v) is 7.27. The lowest BCUT2D eigenvalue weighted by Crippen LogP contribution is -2.49. The Morgan fingerprint density at radius 2 is 1.92 bits per heavy atom. The Morgan fingerprint density at radius 3 is 2.52 bits per heavy atom. The summed E-state index contributed by atoms with van der Waals surface area (Å²) in [6.45, 7) is 4.88. The molecule has 5 nitrogen and oxygen atoms in total. The number of amides is 1. The molecule has 1 aromatic heterocycles. The molecule has 4 aliphatic carbocycles. The molecule has 0 spiro atoms. The van der Waals surface area contributed by atoms with Crippen molar-refractivity contribution in [3.8, 4) is 0 Å². The van der Waals surface area contributed by atoms with Crippen molar-refractivity contribution in [2.75, 3.05) is 12.3 Å². The standard InChI is InChI=1S/C19H30N4OS/c1-13(2)23-12-21-22-17(23)3-4-20-18(24)11-25-19-8-14-5-15(9-19)7-16(6-14)10-19/h12-16H,3-11H2,1-2H3,(H,20,24). The molecule has 0 radical (unpaired) electrons. The van der Waals surface area contributed by atoms with E-state index in [1.807, 2.05) is 11.8 Å². The molecule has 5 rings (SSSR count). The minimum Gasteiger partial charge on any atom is -0.355 e. The van der Waals surface area contributed by atoms with E-state index >= 15 is 0 Å². The van der Waals surface area contributed by atoms with E-state index in [1.165, 1.54) is 38.5 Å². The van der Waals surface area contributed by atoms with Crippen molar-refractivity contribution in [1.29, 1.82) is 0 Å². The highest BCUT2D eigenvalue weighted by atomic mass is 32.2. The summed E-state index contributed by atoms with van der Waals surface area (Å²) in [6, 6.07) is 0.354. The summed E-state index contributed by atoms with van der Waals surface area (Å²) in [5, 5.41) is 11.2. The molecule has 6 heteroatoms. The maximum atomic E-state index is 12.3. The molecule has 25 heavy (non-hydrogen) atoms. The van der Waals surface area contributed by atoms with Crippen LogP contribution in [0.2, 0.25) is 0 Å². The summed E-state index contributed by atoms with van der Waals surface area (Å²) in [5.74, 6) is 4.58. The first-order valence-electron chi connectivity index (χ1n) is 9.82. The van der Waals surface area contributed by atoms with E-state index < -0.39 is 0 Å². The second-order valence-electron chi connectivity index (χ2n) is 8.74. The van der Waals surface area contributed by atoms with E-state index in [2.05, 4.69) is 33.9 Å². The molecule has 0 aromatic carbocycles. The van der Waals surface area contributed by atoms with E-state index in [1.54, 1.807) is 6.33 Å². The van der Waals surface area contributed by atoms with Gasteiger partial charge in [0, 0.05) is 23.8 Å². The molecule has 4 fully saturated rings. The quantitative estimate of drug-likeness (QED) is 0.809. The van der Waals surface area contributed by atoms with Crippen molar-refractivity contribution < 1.29 is 4.79 Å². The molecule has 1 N–H and O–H groups in total. The fraction of sp³-hybridized carbons (Fsp3) is 0.842. The molecule has 4 saturated carbocycles. The number of carbonyl (C=O) groups is 1. The van der Waals surface area contributed by atoms with Gasteiger partial charge in [0.2, 0.25) is 5.91 Å². The molecule has 0 unspecified atom stereocenters. The number of nitrogens with one attached hydrogen (secondary N) is 1. The number of hydrogen-bond acceptors (Lipinski definition) is 4. The van der Waals surface area contributed by atoms with Gasteiger partial charge >= 0.3 is 0 Å². The van der Waals surface area contributed by atoms with Gasteiger partial charge < -0.3 is 9.88 Å². The highest BCUT2D eigenvalue weighted by molar-refractivity contribution is 8.01. The van der Waals surface area contributed by atoms with Crippen LogP contribution in [0, 0.1) is 17.8 Å². The van der Waals surface area contributed by atoms with Crippen molar-refractivity contribution in [1.82, 2.24) is 20.1 Å². The van der Waals surface area contributed by atoms with E-state index in [9.17, 15) is 4.79 Å². The van der Waals surface area contributed by atoms with Crippen LogP contribution in [0.25, 0.3) is 0 Å². The number of aromatic nitrogens is 3. The lowest BCUT2D eigenvalue weighted by Gasteiger charge is -2.56. The first kappa shape index (κ1) is 17.4. The van der Waals surface area contributed by atoms with Gasteiger partial charge in [-0.25, -0.2) is 0 Å². The van der Waals surface area contributed by atoms with E-state index in [0.717, 1.165) is 30.0 Å². The Morgan fingerprint density at radius 1 is 1.28 bits per heavy atom. The molecule has 4 bridgehead atoms. The third kappa shape index (κ3) is 3.74. The second kappa shape index (κ2) is 6.93. The first-order chi connectivity index (χ1) is 12.0. The second-order valence-corrected chi connectivity index (χ2v) is 10.2. The Labute approximate surface area is 154 Å². The van der Waals surface area contributed by atoms with Crippen LogP contribution < -0.4 is 5.32 Å². The van der Waals surface area contributed by atoms with Gasteiger partial charge in [0.15, 0.2) is 0 Å². The predicted molar refractivity (Wildman–Crippen MR) is 100 cm³/mol. The number of carbonyl (C=O) groups excluding carboxylic acids is 1. The molecule has 4 aliphatic rings. The maximum absolute atomic E-state index is 12.3. The third-order valence-corrected chi connectivity index (χ3v) is 7.88. The molecule has 0 saturated heterocycles. The van der Waals surface area contributed by atoms with Crippen LogP contribution in [0.4, 0.5) is 0 Å². The van der Waals surface area contributed by atoms with Gasteiger partial charge in [0.05, 0.1) is 5.75 Å². The van der Waals surface area contributed by atoms with Gasteiger partial charge in [-0.05, 0) is 70.1 Å². The van der Waals surface area contributed by atoms with Crippen molar-refractivity contribution in [3.63, 3.8) is 0 Å². The van der Waals surface area contributed by atoms with Gasteiger partial charge in [0.1, 0.15) is 12.2 Å². The fourth-order valence-electron chi connectivity index (χ4n) is 5.67. The average Bonchev–Trinajstić information content (AvgIpc) is 3.00. The van der Waals surface area contributed by atoms with Crippen molar-refractivity contribution in [3.05, 3.63) is 12.2 Å². The predicted octanol–water partition coefficient (Wildman–Crippen LogP) is 3.22. The number of rotatable bonds is 7. The summed E-state index contributed by atoms with van der Waals surface area (Å²) in [6.07, 6.45) is 11.0. The topological polar surface area (TPSA) is 59.8 Å². The highest BCUT2D eigenvalue weighted by Gasteiger charge is 2.51. The zero-order valence-electron chi connectivity index (χ0n) is 15.4. The number of nitrogens with zero attached hydrogens (tertiary/aromatic N) is 3. The van der Waals surface area contributed by atoms with Gasteiger partial charge in [-0.1, -0.05) is 0 Å². The molecule has 1 amide bonds. The molecule has 1 aromatic rings. The number of thioether (sulfide) groups is 1. The van der Waals surface area contributed by atoms with E-state index in [-0.39, 0.29) is 5.91 Å². The Bertz CT molecular complexity index is 591. The molecule has 0 aliphatic heterocycles.